The zero-order valence-electron chi connectivity index (χ0n) is 14.1. The van der Waals surface area contributed by atoms with Crippen molar-refractivity contribution >= 4 is 29.2 Å². The predicted octanol–water partition coefficient (Wildman–Crippen LogP) is 5.23. The van der Waals surface area contributed by atoms with Crippen LogP contribution in [-0.2, 0) is 14.3 Å². The van der Waals surface area contributed by atoms with Crippen molar-refractivity contribution in [2.75, 3.05) is 6.61 Å². The van der Waals surface area contributed by atoms with Crippen LogP contribution in [0.1, 0.15) is 51.0 Å². The topological polar surface area (TPSA) is 35.5 Å². The molecule has 0 saturated carbocycles. The molecule has 2 saturated heterocycles. The summed E-state index contributed by atoms with van der Waals surface area (Å²) in [5.74, 6) is 0.648. The van der Waals surface area contributed by atoms with E-state index in [2.05, 4.69) is 0 Å². The fraction of sp³-hybridized carbons (Fsp3) is 0.632. The van der Waals surface area contributed by atoms with E-state index < -0.39 is 0 Å². The first-order chi connectivity index (χ1) is 11.4. The molecule has 2 fully saturated rings. The molecule has 132 valence electrons. The molecule has 2 aliphatic rings. The lowest BCUT2D eigenvalue weighted by atomic mass is 9.79. The Morgan fingerprint density at radius 2 is 2.08 bits per heavy atom. The number of hydrogen-bond acceptors (Lipinski definition) is 3. The molecular formula is C19H24Cl2O3. The Morgan fingerprint density at radius 3 is 2.79 bits per heavy atom. The van der Waals surface area contributed by atoms with Gasteiger partial charge in [-0.1, -0.05) is 43.1 Å². The van der Waals surface area contributed by atoms with Crippen LogP contribution in [0.2, 0.25) is 10.0 Å². The van der Waals surface area contributed by atoms with Crippen molar-refractivity contribution in [3.05, 3.63) is 33.8 Å². The van der Waals surface area contributed by atoms with Crippen LogP contribution in [-0.4, -0.2) is 24.8 Å². The van der Waals surface area contributed by atoms with Crippen LogP contribution in [0.5, 0.6) is 0 Å². The van der Waals surface area contributed by atoms with E-state index in [9.17, 15) is 4.79 Å². The summed E-state index contributed by atoms with van der Waals surface area (Å²) >= 11 is 12.3. The van der Waals surface area contributed by atoms with Gasteiger partial charge < -0.3 is 9.47 Å². The fourth-order valence-electron chi connectivity index (χ4n) is 3.87. The summed E-state index contributed by atoms with van der Waals surface area (Å²) in [5, 5.41) is 1.14. The van der Waals surface area contributed by atoms with Gasteiger partial charge >= 0.3 is 5.97 Å². The summed E-state index contributed by atoms with van der Waals surface area (Å²) in [6, 6.07) is 5.83. The van der Waals surface area contributed by atoms with Crippen molar-refractivity contribution in [2.45, 2.75) is 57.7 Å². The molecule has 2 bridgehead atoms. The number of halogens is 2. The van der Waals surface area contributed by atoms with E-state index in [1.165, 1.54) is 0 Å². The van der Waals surface area contributed by atoms with Gasteiger partial charge in [-0.05, 0) is 48.8 Å². The summed E-state index contributed by atoms with van der Waals surface area (Å²) in [4.78, 5) is 11.9. The van der Waals surface area contributed by atoms with Crippen LogP contribution >= 0.6 is 23.2 Å². The second-order valence-corrected chi connectivity index (χ2v) is 8.15. The number of esters is 1. The smallest absolute Gasteiger partial charge is 0.306 e. The van der Waals surface area contributed by atoms with Gasteiger partial charge in [-0.15, -0.1) is 0 Å². The van der Waals surface area contributed by atoms with Crippen molar-refractivity contribution in [1.29, 1.82) is 0 Å². The lowest BCUT2D eigenvalue weighted by Gasteiger charge is -2.37. The minimum Gasteiger partial charge on any atom is -0.465 e. The van der Waals surface area contributed by atoms with Gasteiger partial charge in [-0.25, -0.2) is 0 Å². The van der Waals surface area contributed by atoms with Crippen molar-refractivity contribution in [1.82, 2.24) is 0 Å². The number of hydrogen-bond donors (Lipinski definition) is 0. The minimum atomic E-state index is -0.127. The van der Waals surface area contributed by atoms with E-state index >= 15 is 0 Å². The van der Waals surface area contributed by atoms with Crippen molar-refractivity contribution < 1.29 is 14.3 Å². The first kappa shape index (κ1) is 18.0. The van der Waals surface area contributed by atoms with Gasteiger partial charge in [0, 0.05) is 12.3 Å². The number of carbonyl (C=O) groups is 1. The molecular weight excluding hydrogens is 347 g/mol. The molecule has 5 heteroatoms. The number of rotatable bonds is 5. The van der Waals surface area contributed by atoms with E-state index in [1.807, 2.05) is 32.0 Å². The quantitative estimate of drug-likeness (QED) is 0.665. The molecule has 0 aliphatic carbocycles. The van der Waals surface area contributed by atoms with E-state index in [0.29, 0.717) is 35.1 Å². The van der Waals surface area contributed by atoms with E-state index in [1.54, 1.807) is 0 Å². The van der Waals surface area contributed by atoms with Gasteiger partial charge in [0.1, 0.15) is 0 Å². The van der Waals surface area contributed by atoms with Crippen LogP contribution in [0.4, 0.5) is 0 Å². The van der Waals surface area contributed by atoms with Crippen molar-refractivity contribution in [3.63, 3.8) is 0 Å². The van der Waals surface area contributed by atoms with Gasteiger partial charge in [-0.2, -0.15) is 0 Å². The van der Waals surface area contributed by atoms with Gasteiger partial charge in [-0.3, -0.25) is 4.79 Å². The second-order valence-electron chi connectivity index (χ2n) is 7.33. The van der Waals surface area contributed by atoms with Crippen molar-refractivity contribution in [2.24, 2.45) is 11.8 Å². The summed E-state index contributed by atoms with van der Waals surface area (Å²) in [6.45, 7) is 4.45. The molecule has 3 nitrogen and oxygen atoms in total. The summed E-state index contributed by atoms with van der Waals surface area (Å²) in [7, 11) is 0. The average Bonchev–Trinajstić information content (AvgIpc) is 2.90. The Kier molecular flexibility index (Phi) is 5.74. The fourth-order valence-corrected chi connectivity index (χ4v) is 4.18. The van der Waals surface area contributed by atoms with Gasteiger partial charge in [0.2, 0.25) is 0 Å². The second kappa shape index (κ2) is 7.63. The van der Waals surface area contributed by atoms with E-state index in [-0.39, 0.29) is 23.9 Å². The molecule has 0 N–H and O–H groups in total. The summed E-state index contributed by atoms with van der Waals surface area (Å²) in [5.41, 5.74) is 1.16. The molecule has 1 aromatic carbocycles. The largest absolute Gasteiger partial charge is 0.465 e. The predicted molar refractivity (Wildman–Crippen MR) is 95.6 cm³/mol. The summed E-state index contributed by atoms with van der Waals surface area (Å²) < 4.78 is 11.6. The minimum absolute atomic E-state index is 0.127. The normalized spacial score (nSPS) is 29.0. The average molecular weight is 371 g/mol. The van der Waals surface area contributed by atoms with Crippen LogP contribution in [0.3, 0.4) is 0 Å². The molecule has 0 radical (unpaired) electrons. The maximum Gasteiger partial charge on any atom is 0.306 e. The third-order valence-electron chi connectivity index (χ3n) is 5.04. The number of fused-ring (bicyclic) bond motifs is 2. The molecule has 1 aromatic rings. The zero-order chi connectivity index (χ0) is 17.3. The van der Waals surface area contributed by atoms with Crippen LogP contribution in [0.25, 0.3) is 0 Å². The molecule has 0 amide bonds. The van der Waals surface area contributed by atoms with Crippen LogP contribution < -0.4 is 0 Å². The molecule has 0 spiro atoms. The highest BCUT2D eigenvalue weighted by molar-refractivity contribution is 6.42. The third kappa shape index (κ3) is 4.07. The summed E-state index contributed by atoms with van der Waals surface area (Å²) in [6.07, 6.45) is 3.99. The van der Waals surface area contributed by atoms with E-state index in [4.69, 9.17) is 32.7 Å². The molecule has 24 heavy (non-hydrogen) atoms. The molecule has 0 aromatic heterocycles. The van der Waals surface area contributed by atoms with Crippen LogP contribution in [0, 0.1) is 11.8 Å². The molecule has 2 unspecified atom stereocenters. The van der Waals surface area contributed by atoms with Crippen LogP contribution in [0.15, 0.2) is 18.2 Å². The lowest BCUT2D eigenvalue weighted by molar-refractivity contribution is -0.149. The lowest BCUT2D eigenvalue weighted by Crippen LogP contribution is -2.37. The highest BCUT2D eigenvalue weighted by atomic mass is 35.5. The maximum absolute atomic E-state index is 11.9. The first-order valence-electron chi connectivity index (χ1n) is 8.70. The van der Waals surface area contributed by atoms with E-state index in [0.717, 1.165) is 24.8 Å². The number of ether oxygens (including phenoxy) is 2. The Labute approximate surface area is 153 Å². The zero-order valence-corrected chi connectivity index (χ0v) is 15.6. The number of benzene rings is 1. The van der Waals surface area contributed by atoms with Gasteiger partial charge in [0.05, 0.1) is 28.9 Å². The molecule has 2 heterocycles. The Balaban J connectivity index is 1.75. The highest BCUT2D eigenvalue weighted by Gasteiger charge is 2.44. The third-order valence-corrected chi connectivity index (χ3v) is 5.77. The molecule has 3 rings (SSSR count). The Hall–Kier alpha value is -0.770. The molecule has 4 atom stereocenters. The SMILES string of the molecule is CC(C)CC(=O)OC[C@@H]1C2CCC(C[C@H]1c1ccc(Cl)c(Cl)c1)O2. The highest BCUT2D eigenvalue weighted by Crippen LogP contribution is 2.46. The monoisotopic (exact) mass is 370 g/mol. The van der Waals surface area contributed by atoms with Crippen molar-refractivity contribution in [3.8, 4) is 0 Å². The Morgan fingerprint density at radius 1 is 1.29 bits per heavy atom. The Bertz CT molecular complexity index is 602. The van der Waals surface area contributed by atoms with Gasteiger partial charge in [0.25, 0.3) is 0 Å². The number of carbonyl (C=O) groups excluding carboxylic acids is 1. The maximum atomic E-state index is 11.9. The van der Waals surface area contributed by atoms with Gasteiger partial charge in [0.15, 0.2) is 0 Å². The molecule has 2 aliphatic heterocycles. The standard InChI is InChI=1S/C19H24Cl2O3/c1-11(2)7-19(22)23-10-15-14(9-13-4-6-18(15)24-13)12-3-5-16(20)17(21)8-12/h3,5,8,11,13-15,18H,4,6-7,9-10H2,1-2H3/t13?,14-,15-,18?/m0/s1. The first-order valence-corrected chi connectivity index (χ1v) is 9.45.